The maximum Gasteiger partial charge on any atom is 0.407 e. The van der Waals surface area contributed by atoms with Crippen LogP contribution in [0.1, 0.15) is 47.1 Å². The van der Waals surface area contributed by atoms with E-state index in [2.05, 4.69) is 32.7 Å². The maximum absolute atomic E-state index is 12.7. The molecule has 3 aromatic rings. The standard InChI is InChI=1S/C26H26N4O5/c1-15(2)23(24(31)29-13-22-27-11-16(12-28-22)25(32)33)30-26(34)35-14-21-19-9-5-3-7-17(19)18-8-4-6-10-20(18)21/h3-12,15,21,23H,13-14H2,1-2H3,(H,29,31)(H,30,34)(H,32,33). The average molecular weight is 475 g/mol. The van der Waals surface area contributed by atoms with E-state index in [0.717, 1.165) is 22.3 Å². The van der Waals surface area contributed by atoms with Crippen LogP contribution in [0, 0.1) is 5.92 Å². The van der Waals surface area contributed by atoms with Crippen molar-refractivity contribution < 1.29 is 24.2 Å². The van der Waals surface area contributed by atoms with Crippen LogP contribution < -0.4 is 10.6 Å². The molecule has 2 amide bonds. The summed E-state index contributed by atoms with van der Waals surface area (Å²) in [7, 11) is 0. The van der Waals surface area contributed by atoms with E-state index in [-0.39, 0.29) is 36.4 Å². The minimum atomic E-state index is -1.13. The van der Waals surface area contributed by atoms with Gasteiger partial charge in [-0.25, -0.2) is 19.6 Å². The largest absolute Gasteiger partial charge is 0.478 e. The first-order chi connectivity index (χ1) is 16.8. The highest BCUT2D eigenvalue weighted by molar-refractivity contribution is 5.87. The number of benzene rings is 2. The number of hydrogen-bond donors (Lipinski definition) is 3. The highest BCUT2D eigenvalue weighted by Gasteiger charge is 2.30. The van der Waals surface area contributed by atoms with Crippen LogP contribution in [0.15, 0.2) is 60.9 Å². The summed E-state index contributed by atoms with van der Waals surface area (Å²) in [5, 5.41) is 14.3. The number of nitrogens with one attached hydrogen (secondary N) is 2. The van der Waals surface area contributed by atoms with Gasteiger partial charge in [-0.15, -0.1) is 0 Å². The Morgan fingerprint density at radius 3 is 2.09 bits per heavy atom. The Balaban J connectivity index is 1.35. The molecule has 4 rings (SSSR count). The molecule has 180 valence electrons. The van der Waals surface area contributed by atoms with E-state index in [1.807, 2.05) is 50.2 Å². The van der Waals surface area contributed by atoms with E-state index in [1.165, 1.54) is 12.4 Å². The SMILES string of the molecule is CC(C)C(NC(=O)OCC1c2ccccc2-c2ccccc21)C(=O)NCc1ncc(C(=O)O)cn1. The highest BCUT2D eigenvalue weighted by atomic mass is 16.5. The summed E-state index contributed by atoms with van der Waals surface area (Å²) in [4.78, 5) is 44.1. The first-order valence-electron chi connectivity index (χ1n) is 11.3. The van der Waals surface area contributed by atoms with Crippen LogP contribution in [0.2, 0.25) is 0 Å². The highest BCUT2D eigenvalue weighted by Crippen LogP contribution is 2.44. The lowest BCUT2D eigenvalue weighted by molar-refractivity contribution is -0.124. The number of carbonyl (C=O) groups is 3. The zero-order valence-corrected chi connectivity index (χ0v) is 19.4. The lowest BCUT2D eigenvalue weighted by Crippen LogP contribution is -2.49. The van der Waals surface area contributed by atoms with Gasteiger partial charge in [0, 0.05) is 18.3 Å². The molecule has 1 heterocycles. The third-order valence-electron chi connectivity index (χ3n) is 5.94. The summed E-state index contributed by atoms with van der Waals surface area (Å²) >= 11 is 0. The number of aromatic carboxylic acids is 1. The molecule has 3 N–H and O–H groups in total. The summed E-state index contributed by atoms with van der Waals surface area (Å²) in [6.45, 7) is 3.77. The van der Waals surface area contributed by atoms with Crippen LogP contribution in [0.5, 0.6) is 0 Å². The van der Waals surface area contributed by atoms with Gasteiger partial charge >= 0.3 is 12.1 Å². The van der Waals surface area contributed by atoms with Crippen LogP contribution in [-0.4, -0.2) is 45.7 Å². The minimum absolute atomic E-state index is 0.00563. The number of carbonyl (C=O) groups excluding carboxylic acids is 2. The van der Waals surface area contributed by atoms with Gasteiger partial charge in [-0.2, -0.15) is 0 Å². The van der Waals surface area contributed by atoms with E-state index >= 15 is 0 Å². The zero-order valence-electron chi connectivity index (χ0n) is 19.4. The summed E-state index contributed by atoms with van der Waals surface area (Å²) < 4.78 is 5.56. The van der Waals surface area contributed by atoms with Crippen molar-refractivity contribution in [3.63, 3.8) is 0 Å². The van der Waals surface area contributed by atoms with Gasteiger partial charge in [-0.3, -0.25) is 4.79 Å². The lowest BCUT2D eigenvalue weighted by Gasteiger charge is -2.22. The molecule has 1 unspecified atom stereocenters. The fraction of sp³-hybridized carbons (Fsp3) is 0.269. The van der Waals surface area contributed by atoms with E-state index in [4.69, 9.17) is 9.84 Å². The Morgan fingerprint density at radius 2 is 1.54 bits per heavy atom. The van der Waals surface area contributed by atoms with Gasteiger partial charge in [-0.05, 0) is 28.2 Å². The molecule has 1 aliphatic carbocycles. The molecule has 1 atom stereocenters. The maximum atomic E-state index is 12.7. The first kappa shape index (κ1) is 23.9. The number of amides is 2. The number of aromatic nitrogens is 2. The van der Waals surface area contributed by atoms with Gasteiger partial charge in [0.2, 0.25) is 5.91 Å². The number of nitrogens with zero attached hydrogens (tertiary/aromatic N) is 2. The summed E-state index contributed by atoms with van der Waals surface area (Å²) in [5.41, 5.74) is 4.43. The number of alkyl carbamates (subject to hydrolysis) is 1. The van der Waals surface area contributed by atoms with Gasteiger partial charge in [0.15, 0.2) is 0 Å². The van der Waals surface area contributed by atoms with Crippen molar-refractivity contribution in [2.45, 2.75) is 32.4 Å². The van der Waals surface area contributed by atoms with Crippen molar-refractivity contribution in [1.29, 1.82) is 0 Å². The molecule has 0 spiro atoms. The molecule has 1 aliphatic rings. The molecule has 0 saturated carbocycles. The van der Waals surface area contributed by atoms with E-state index in [1.54, 1.807) is 0 Å². The topological polar surface area (TPSA) is 131 Å². The molecule has 1 aromatic heterocycles. The van der Waals surface area contributed by atoms with Crippen LogP contribution in [0.3, 0.4) is 0 Å². The summed E-state index contributed by atoms with van der Waals surface area (Å²) in [6, 6.07) is 15.3. The molecule has 9 nitrogen and oxygen atoms in total. The van der Waals surface area contributed by atoms with E-state index in [0.29, 0.717) is 0 Å². The Morgan fingerprint density at radius 1 is 0.971 bits per heavy atom. The molecule has 9 heteroatoms. The molecule has 35 heavy (non-hydrogen) atoms. The fourth-order valence-corrected chi connectivity index (χ4v) is 4.13. The smallest absolute Gasteiger partial charge is 0.407 e. The minimum Gasteiger partial charge on any atom is -0.478 e. The molecule has 0 aliphatic heterocycles. The molecule has 0 radical (unpaired) electrons. The van der Waals surface area contributed by atoms with Gasteiger partial charge in [-0.1, -0.05) is 62.4 Å². The number of ether oxygens (including phenoxy) is 1. The Kier molecular flexibility index (Phi) is 7.05. The van der Waals surface area contributed by atoms with Crippen LogP contribution >= 0.6 is 0 Å². The molecular weight excluding hydrogens is 448 g/mol. The molecule has 0 bridgehead atoms. The van der Waals surface area contributed by atoms with Crippen molar-refractivity contribution >= 4 is 18.0 Å². The van der Waals surface area contributed by atoms with Crippen molar-refractivity contribution in [2.75, 3.05) is 6.61 Å². The second kappa shape index (κ2) is 10.3. The molecule has 2 aromatic carbocycles. The predicted molar refractivity (Wildman–Crippen MR) is 128 cm³/mol. The van der Waals surface area contributed by atoms with Gasteiger partial charge in [0.1, 0.15) is 18.5 Å². The van der Waals surface area contributed by atoms with Gasteiger partial charge in [0.05, 0.1) is 12.1 Å². The average Bonchev–Trinajstić information content (AvgIpc) is 3.18. The van der Waals surface area contributed by atoms with Crippen LogP contribution in [0.4, 0.5) is 4.79 Å². The normalized spacial score (nSPS) is 13.0. The van der Waals surface area contributed by atoms with Crippen LogP contribution in [0.25, 0.3) is 11.1 Å². The Hall–Kier alpha value is -4.27. The van der Waals surface area contributed by atoms with Crippen molar-refractivity contribution in [3.8, 4) is 11.1 Å². The number of carboxylic acids is 1. The monoisotopic (exact) mass is 474 g/mol. The predicted octanol–water partition coefficient (Wildman–Crippen LogP) is 3.35. The van der Waals surface area contributed by atoms with Crippen molar-refractivity contribution in [3.05, 3.63) is 83.4 Å². The van der Waals surface area contributed by atoms with Crippen LogP contribution in [-0.2, 0) is 16.1 Å². The molecular formula is C26H26N4O5. The molecule has 0 fully saturated rings. The Bertz CT molecular complexity index is 1200. The number of rotatable bonds is 8. The number of carboxylic acid groups (broad SMARTS) is 1. The second-order valence-electron chi connectivity index (χ2n) is 8.60. The number of fused-ring (bicyclic) bond motifs is 3. The quantitative estimate of drug-likeness (QED) is 0.456. The third kappa shape index (κ3) is 5.29. The molecule has 0 saturated heterocycles. The number of hydrogen-bond acceptors (Lipinski definition) is 6. The van der Waals surface area contributed by atoms with Crippen molar-refractivity contribution in [1.82, 2.24) is 20.6 Å². The fourth-order valence-electron chi connectivity index (χ4n) is 4.13. The second-order valence-corrected chi connectivity index (χ2v) is 8.60. The van der Waals surface area contributed by atoms with Gasteiger partial charge in [0.25, 0.3) is 0 Å². The van der Waals surface area contributed by atoms with Crippen molar-refractivity contribution in [2.24, 2.45) is 5.92 Å². The van der Waals surface area contributed by atoms with E-state index in [9.17, 15) is 14.4 Å². The van der Waals surface area contributed by atoms with E-state index < -0.39 is 24.0 Å². The third-order valence-corrected chi connectivity index (χ3v) is 5.94. The lowest BCUT2D eigenvalue weighted by atomic mass is 9.98. The zero-order chi connectivity index (χ0) is 24.9. The Labute approximate surface area is 202 Å². The summed E-state index contributed by atoms with van der Waals surface area (Å²) in [5.74, 6) is -1.57. The van der Waals surface area contributed by atoms with Gasteiger partial charge < -0.3 is 20.5 Å². The summed E-state index contributed by atoms with van der Waals surface area (Å²) in [6.07, 6.45) is 1.67. The first-order valence-corrected chi connectivity index (χ1v) is 11.3.